The van der Waals surface area contributed by atoms with Crippen molar-refractivity contribution in [1.29, 1.82) is 0 Å². The summed E-state index contributed by atoms with van der Waals surface area (Å²) in [6.07, 6.45) is -8.88. The highest BCUT2D eigenvalue weighted by molar-refractivity contribution is 7.88. The summed E-state index contributed by atoms with van der Waals surface area (Å²) in [4.78, 5) is 3.55. The molecular formula is C17H14F6N2O3S. The predicted molar refractivity (Wildman–Crippen MR) is 89.3 cm³/mol. The topological polar surface area (TPSA) is 59.5 Å². The van der Waals surface area contributed by atoms with Crippen LogP contribution in [-0.4, -0.2) is 36.9 Å². The fourth-order valence-corrected chi connectivity index (χ4v) is 4.24. The Morgan fingerprint density at radius 2 is 1.62 bits per heavy atom. The third kappa shape index (κ3) is 4.99. The van der Waals surface area contributed by atoms with Crippen LogP contribution in [0.2, 0.25) is 0 Å². The number of hydrogen-bond donors (Lipinski definition) is 0. The molecule has 0 bridgehead atoms. The van der Waals surface area contributed by atoms with E-state index in [1.165, 1.54) is 0 Å². The molecule has 5 nitrogen and oxygen atoms in total. The van der Waals surface area contributed by atoms with Crippen molar-refractivity contribution in [3.63, 3.8) is 0 Å². The zero-order valence-electron chi connectivity index (χ0n) is 14.5. The van der Waals surface area contributed by atoms with E-state index < -0.39 is 51.2 Å². The van der Waals surface area contributed by atoms with Crippen LogP contribution in [0.4, 0.5) is 26.3 Å². The second-order valence-corrected chi connectivity index (χ2v) is 8.33. The second-order valence-electron chi connectivity index (χ2n) is 6.36. The summed E-state index contributed by atoms with van der Waals surface area (Å²) in [7, 11) is -3.86. The zero-order valence-corrected chi connectivity index (χ0v) is 15.4. The highest BCUT2D eigenvalue weighted by atomic mass is 32.2. The first-order chi connectivity index (χ1) is 13.4. The van der Waals surface area contributed by atoms with Gasteiger partial charge in [-0.15, -0.1) is 0 Å². The summed E-state index contributed by atoms with van der Waals surface area (Å²) in [6, 6.07) is 5.62. The number of halogens is 6. The highest BCUT2D eigenvalue weighted by Gasteiger charge is 2.40. The van der Waals surface area contributed by atoms with Gasteiger partial charge in [-0.05, 0) is 29.8 Å². The van der Waals surface area contributed by atoms with Gasteiger partial charge in [0.05, 0.1) is 24.4 Å². The van der Waals surface area contributed by atoms with Gasteiger partial charge in [0.25, 0.3) is 0 Å². The van der Waals surface area contributed by atoms with Gasteiger partial charge in [0.2, 0.25) is 15.9 Å². The van der Waals surface area contributed by atoms with Crippen LogP contribution in [-0.2, 0) is 28.1 Å². The van der Waals surface area contributed by atoms with Gasteiger partial charge >= 0.3 is 12.4 Å². The second kappa shape index (κ2) is 7.48. The Bertz CT molecular complexity index is 968. The van der Waals surface area contributed by atoms with E-state index in [0.29, 0.717) is 0 Å². The van der Waals surface area contributed by atoms with Crippen molar-refractivity contribution >= 4 is 10.0 Å². The molecular weight excluding hydrogens is 426 g/mol. The fourth-order valence-electron chi connectivity index (χ4n) is 2.65. The largest absolute Gasteiger partial charge is 0.471 e. The van der Waals surface area contributed by atoms with Gasteiger partial charge in [0.15, 0.2) is 0 Å². The van der Waals surface area contributed by atoms with E-state index in [9.17, 15) is 34.8 Å². The number of ether oxygens (including phenoxy) is 1. The molecule has 0 amide bonds. The molecule has 2 heterocycles. The van der Waals surface area contributed by atoms with Gasteiger partial charge in [0, 0.05) is 6.20 Å². The molecule has 1 aliphatic heterocycles. The monoisotopic (exact) mass is 440 g/mol. The molecule has 3 rings (SSSR count). The van der Waals surface area contributed by atoms with Gasteiger partial charge in [-0.3, -0.25) is 0 Å². The van der Waals surface area contributed by atoms with Crippen LogP contribution in [0.5, 0.6) is 5.88 Å². The maximum Gasteiger partial charge on any atom is 0.421 e. The molecule has 1 aromatic carbocycles. The number of nitrogens with zero attached hydrogens (tertiary/aromatic N) is 2. The summed E-state index contributed by atoms with van der Waals surface area (Å²) in [5.41, 5.74) is -1.80. The molecule has 158 valence electrons. The Balaban J connectivity index is 1.61. The minimum atomic E-state index is -4.66. The number of rotatable bonds is 5. The van der Waals surface area contributed by atoms with E-state index in [4.69, 9.17) is 4.74 Å². The summed E-state index contributed by atoms with van der Waals surface area (Å²) in [6.45, 7) is -0.367. The molecule has 0 N–H and O–H groups in total. The summed E-state index contributed by atoms with van der Waals surface area (Å²) in [5, 5.41) is 0. The Kier molecular flexibility index (Phi) is 5.52. The van der Waals surface area contributed by atoms with E-state index in [1.807, 2.05) is 0 Å². The first-order valence-electron chi connectivity index (χ1n) is 8.19. The van der Waals surface area contributed by atoms with E-state index >= 15 is 0 Å². The molecule has 1 aromatic heterocycles. The van der Waals surface area contributed by atoms with Crippen molar-refractivity contribution in [2.24, 2.45) is 0 Å². The lowest BCUT2D eigenvalue weighted by atomic mass is 10.1. The van der Waals surface area contributed by atoms with E-state index in [-0.39, 0.29) is 18.7 Å². The van der Waals surface area contributed by atoms with Crippen molar-refractivity contribution < 1.29 is 39.5 Å². The first kappa shape index (κ1) is 21.4. The normalized spacial score (nSPS) is 16.5. The number of alkyl halides is 6. The van der Waals surface area contributed by atoms with Crippen molar-refractivity contribution in [2.45, 2.75) is 24.2 Å². The molecule has 0 atom stereocenters. The SMILES string of the molecule is O=S(=O)(Cc1ccc(C(F)(F)F)cc1)N1CC(Oc2ncccc2C(F)(F)F)C1. The average Bonchev–Trinajstić information content (AvgIpc) is 2.56. The average molecular weight is 440 g/mol. The van der Waals surface area contributed by atoms with Crippen molar-refractivity contribution in [3.05, 3.63) is 59.3 Å². The lowest BCUT2D eigenvalue weighted by Crippen LogP contribution is -2.56. The van der Waals surface area contributed by atoms with E-state index in [1.54, 1.807) is 0 Å². The first-order valence-corrected chi connectivity index (χ1v) is 9.80. The predicted octanol–water partition coefficient (Wildman–Crippen LogP) is 3.71. The highest BCUT2D eigenvalue weighted by Crippen LogP contribution is 2.36. The van der Waals surface area contributed by atoms with Crippen molar-refractivity contribution in [3.8, 4) is 5.88 Å². The molecule has 0 spiro atoms. The smallest absolute Gasteiger partial charge is 0.421 e. The lowest BCUT2D eigenvalue weighted by Gasteiger charge is -2.37. The molecule has 2 aromatic rings. The molecule has 1 saturated heterocycles. The molecule has 1 aliphatic rings. The maximum absolute atomic E-state index is 12.9. The molecule has 0 unspecified atom stereocenters. The van der Waals surface area contributed by atoms with Crippen molar-refractivity contribution in [1.82, 2.24) is 9.29 Å². The Morgan fingerprint density at radius 3 is 2.17 bits per heavy atom. The minimum Gasteiger partial charge on any atom is -0.471 e. The zero-order chi connectivity index (χ0) is 21.4. The van der Waals surface area contributed by atoms with Gasteiger partial charge in [-0.1, -0.05) is 12.1 Å². The van der Waals surface area contributed by atoms with Crippen LogP contribution in [0.15, 0.2) is 42.6 Å². The minimum absolute atomic E-state index is 0.159. The Hall–Kier alpha value is -2.34. The maximum atomic E-state index is 12.9. The quantitative estimate of drug-likeness (QED) is 0.666. The number of pyridine rings is 1. The number of aromatic nitrogens is 1. The molecule has 29 heavy (non-hydrogen) atoms. The van der Waals surface area contributed by atoms with E-state index in [2.05, 4.69) is 4.98 Å². The number of hydrogen-bond acceptors (Lipinski definition) is 4. The van der Waals surface area contributed by atoms with Gasteiger partial charge in [-0.2, -0.15) is 30.6 Å². The Labute approximate surface area is 162 Å². The van der Waals surface area contributed by atoms with Crippen LogP contribution >= 0.6 is 0 Å². The van der Waals surface area contributed by atoms with Gasteiger partial charge in [-0.25, -0.2) is 13.4 Å². The van der Waals surface area contributed by atoms with Crippen LogP contribution in [0.3, 0.4) is 0 Å². The standard InChI is InChI=1S/C17H14F6N2O3S/c18-16(19,20)12-5-3-11(4-6-12)10-29(26,27)25-8-13(9-25)28-15-14(17(21,22)23)2-1-7-24-15/h1-7,13H,8-10H2. The van der Waals surface area contributed by atoms with Crippen LogP contribution in [0, 0.1) is 0 Å². The number of sulfonamides is 1. The van der Waals surface area contributed by atoms with Crippen molar-refractivity contribution in [2.75, 3.05) is 13.1 Å². The van der Waals surface area contributed by atoms with Crippen LogP contribution in [0.1, 0.15) is 16.7 Å². The van der Waals surface area contributed by atoms with Gasteiger partial charge < -0.3 is 4.74 Å². The molecule has 1 fully saturated rings. The third-order valence-electron chi connectivity index (χ3n) is 4.19. The van der Waals surface area contributed by atoms with Gasteiger partial charge in [0.1, 0.15) is 11.7 Å². The molecule has 12 heteroatoms. The fraction of sp³-hybridized carbons (Fsp3) is 0.353. The molecule has 0 radical (unpaired) electrons. The van der Waals surface area contributed by atoms with E-state index in [0.717, 1.165) is 46.9 Å². The summed E-state index contributed by atoms with van der Waals surface area (Å²) < 4.78 is 107. The lowest BCUT2D eigenvalue weighted by molar-refractivity contribution is -0.140. The molecule has 0 aliphatic carbocycles. The van der Waals surface area contributed by atoms with Crippen LogP contribution < -0.4 is 4.74 Å². The summed E-state index contributed by atoms with van der Waals surface area (Å²) in [5.74, 6) is -1.17. The van der Waals surface area contributed by atoms with Crippen LogP contribution in [0.25, 0.3) is 0 Å². The third-order valence-corrected chi connectivity index (χ3v) is 5.98. The molecule has 0 saturated carbocycles. The summed E-state index contributed by atoms with van der Waals surface area (Å²) >= 11 is 0. The number of benzene rings is 1. The Morgan fingerprint density at radius 1 is 1.00 bits per heavy atom.